The summed E-state index contributed by atoms with van der Waals surface area (Å²) in [6.45, 7) is 3.74. The predicted molar refractivity (Wildman–Crippen MR) is 65.9 cm³/mol. The molecule has 4 heteroatoms. The molecule has 0 aliphatic heterocycles. The molecule has 1 heterocycles. The van der Waals surface area contributed by atoms with Crippen molar-refractivity contribution < 1.29 is 8.81 Å². The summed E-state index contributed by atoms with van der Waals surface area (Å²) in [5, 5.41) is 4.04. The quantitative estimate of drug-likeness (QED) is 0.864. The van der Waals surface area contributed by atoms with Gasteiger partial charge in [0.15, 0.2) is 0 Å². The van der Waals surface area contributed by atoms with Crippen LogP contribution in [0.15, 0.2) is 27.1 Å². The zero-order chi connectivity index (χ0) is 11.5. The molecule has 0 atom stereocenters. The van der Waals surface area contributed by atoms with Gasteiger partial charge in [-0.2, -0.15) is 0 Å². The molecule has 0 fully saturated rings. The molecule has 0 unspecified atom stereocenters. The number of fused-ring (bicyclic) bond motifs is 1. The van der Waals surface area contributed by atoms with Gasteiger partial charge in [0.1, 0.15) is 17.2 Å². The highest BCUT2D eigenvalue weighted by atomic mass is 79.9. The van der Waals surface area contributed by atoms with Crippen LogP contribution in [0.25, 0.3) is 11.0 Å². The van der Waals surface area contributed by atoms with Crippen LogP contribution in [0.4, 0.5) is 4.39 Å². The summed E-state index contributed by atoms with van der Waals surface area (Å²) in [6, 6.07) is 4.76. The summed E-state index contributed by atoms with van der Waals surface area (Å²) < 4.78 is 19.4. The normalized spacial score (nSPS) is 11.2. The average molecular weight is 286 g/mol. The molecule has 0 spiro atoms. The summed E-state index contributed by atoms with van der Waals surface area (Å²) in [7, 11) is 0. The first-order chi connectivity index (χ1) is 7.70. The minimum Gasteiger partial charge on any atom is -0.459 e. The molecule has 0 bridgehead atoms. The lowest BCUT2D eigenvalue weighted by Crippen LogP contribution is -2.12. The van der Waals surface area contributed by atoms with Gasteiger partial charge in [0.25, 0.3) is 0 Å². The van der Waals surface area contributed by atoms with Crippen LogP contribution in [0.1, 0.15) is 19.1 Å². The summed E-state index contributed by atoms with van der Waals surface area (Å²) >= 11 is 3.29. The van der Waals surface area contributed by atoms with E-state index in [-0.39, 0.29) is 5.82 Å². The molecule has 2 rings (SSSR count). The molecule has 16 heavy (non-hydrogen) atoms. The van der Waals surface area contributed by atoms with Gasteiger partial charge in [-0.15, -0.1) is 0 Å². The molecule has 0 aliphatic rings. The first kappa shape index (κ1) is 11.6. The van der Waals surface area contributed by atoms with Crippen LogP contribution in [0.3, 0.4) is 0 Å². The van der Waals surface area contributed by atoms with Crippen LogP contribution >= 0.6 is 15.9 Å². The van der Waals surface area contributed by atoms with Crippen LogP contribution in [0.2, 0.25) is 0 Å². The van der Waals surface area contributed by atoms with Crippen LogP contribution in [0.5, 0.6) is 0 Å². The van der Waals surface area contributed by atoms with E-state index in [1.54, 1.807) is 0 Å². The maximum atomic E-state index is 13.1. The van der Waals surface area contributed by atoms with Crippen molar-refractivity contribution in [2.45, 2.75) is 19.9 Å². The van der Waals surface area contributed by atoms with Crippen LogP contribution in [-0.4, -0.2) is 6.54 Å². The second kappa shape index (κ2) is 4.97. The second-order valence-corrected chi connectivity index (χ2v) is 4.55. The van der Waals surface area contributed by atoms with E-state index in [0.29, 0.717) is 16.6 Å². The largest absolute Gasteiger partial charge is 0.459 e. The molecule has 1 N–H and O–H groups in total. The Hall–Kier alpha value is -0.870. The number of hydrogen-bond acceptors (Lipinski definition) is 2. The third-order valence-corrected chi connectivity index (χ3v) is 2.90. The SMILES string of the molecule is CCCNCc1cc2cc(F)cc(Br)c2o1. The minimum atomic E-state index is -0.256. The lowest BCUT2D eigenvalue weighted by atomic mass is 10.2. The summed E-state index contributed by atoms with van der Waals surface area (Å²) in [6.07, 6.45) is 1.08. The fourth-order valence-corrected chi connectivity index (χ4v) is 2.13. The lowest BCUT2D eigenvalue weighted by molar-refractivity contribution is 0.512. The first-order valence-electron chi connectivity index (χ1n) is 5.29. The van der Waals surface area contributed by atoms with Crippen molar-refractivity contribution in [3.8, 4) is 0 Å². The molecule has 2 aromatic rings. The van der Waals surface area contributed by atoms with E-state index in [0.717, 1.165) is 24.1 Å². The minimum absolute atomic E-state index is 0.256. The maximum absolute atomic E-state index is 13.1. The molecule has 1 aromatic carbocycles. The molecule has 0 aliphatic carbocycles. The fraction of sp³-hybridized carbons (Fsp3) is 0.333. The molecule has 0 saturated heterocycles. The van der Waals surface area contributed by atoms with E-state index in [9.17, 15) is 4.39 Å². The highest BCUT2D eigenvalue weighted by Gasteiger charge is 2.08. The van der Waals surface area contributed by atoms with E-state index in [1.165, 1.54) is 12.1 Å². The molecule has 0 amide bonds. The topological polar surface area (TPSA) is 25.2 Å². The smallest absolute Gasteiger partial charge is 0.148 e. The number of nitrogens with one attached hydrogen (secondary N) is 1. The highest BCUT2D eigenvalue weighted by molar-refractivity contribution is 9.10. The third-order valence-electron chi connectivity index (χ3n) is 2.31. The van der Waals surface area contributed by atoms with E-state index in [2.05, 4.69) is 28.2 Å². The molecule has 2 nitrogen and oxygen atoms in total. The molecule has 86 valence electrons. The van der Waals surface area contributed by atoms with Crippen molar-refractivity contribution in [1.29, 1.82) is 0 Å². The van der Waals surface area contributed by atoms with Crippen LogP contribution in [-0.2, 0) is 6.54 Å². The Bertz CT molecular complexity index is 495. The fourth-order valence-electron chi connectivity index (χ4n) is 1.60. The van der Waals surface area contributed by atoms with Gasteiger partial charge in [-0.1, -0.05) is 6.92 Å². The van der Waals surface area contributed by atoms with Crippen LogP contribution < -0.4 is 5.32 Å². The van der Waals surface area contributed by atoms with Crippen molar-refractivity contribution in [2.75, 3.05) is 6.54 Å². The Morgan fingerprint density at radius 1 is 1.38 bits per heavy atom. The third kappa shape index (κ3) is 2.44. The molecular weight excluding hydrogens is 273 g/mol. The Kier molecular flexibility index (Phi) is 3.61. The zero-order valence-electron chi connectivity index (χ0n) is 9.02. The van der Waals surface area contributed by atoms with E-state index in [1.807, 2.05) is 6.07 Å². The molecule has 0 saturated carbocycles. The van der Waals surface area contributed by atoms with Gasteiger partial charge in [-0.25, -0.2) is 4.39 Å². The predicted octanol–water partition coefficient (Wildman–Crippen LogP) is 3.83. The Morgan fingerprint density at radius 2 is 2.19 bits per heavy atom. The standard InChI is InChI=1S/C12H13BrFNO/c1-2-3-15-7-10-5-8-4-9(14)6-11(13)12(8)16-10/h4-6,15H,2-3,7H2,1H3. The number of hydrogen-bond donors (Lipinski definition) is 1. The van der Waals surface area contributed by atoms with Gasteiger partial charge in [0.2, 0.25) is 0 Å². The van der Waals surface area contributed by atoms with E-state index < -0.39 is 0 Å². The van der Waals surface area contributed by atoms with Crippen molar-refractivity contribution in [3.05, 3.63) is 34.2 Å². The van der Waals surface area contributed by atoms with Crippen molar-refractivity contribution in [3.63, 3.8) is 0 Å². The average Bonchev–Trinajstić information content (AvgIpc) is 2.61. The van der Waals surface area contributed by atoms with Gasteiger partial charge >= 0.3 is 0 Å². The zero-order valence-corrected chi connectivity index (χ0v) is 10.6. The summed E-state index contributed by atoms with van der Waals surface area (Å²) in [5.41, 5.74) is 0.703. The highest BCUT2D eigenvalue weighted by Crippen LogP contribution is 2.28. The summed E-state index contributed by atoms with van der Waals surface area (Å²) in [4.78, 5) is 0. The van der Waals surface area contributed by atoms with E-state index >= 15 is 0 Å². The van der Waals surface area contributed by atoms with Gasteiger partial charge in [-0.05, 0) is 47.1 Å². The maximum Gasteiger partial charge on any atom is 0.148 e. The molecular formula is C12H13BrFNO. The Morgan fingerprint density at radius 3 is 2.94 bits per heavy atom. The Labute approximate surface area is 102 Å². The van der Waals surface area contributed by atoms with Crippen molar-refractivity contribution >= 4 is 26.9 Å². The lowest BCUT2D eigenvalue weighted by Gasteiger charge is -1.98. The van der Waals surface area contributed by atoms with Gasteiger partial charge in [-0.3, -0.25) is 0 Å². The molecule has 0 radical (unpaired) electrons. The number of halogens is 2. The van der Waals surface area contributed by atoms with Gasteiger partial charge in [0, 0.05) is 5.39 Å². The second-order valence-electron chi connectivity index (χ2n) is 3.70. The van der Waals surface area contributed by atoms with Crippen LogP contribution in [0, 0.1) is 5.82 Å². The van der Waals surface area contributed by atoms with Gasteiger partial charge < -0.3 is 9.73 Å². The first-order valence-corrected chi connectivity index (χ1v) is 6.08. The van der Waals surface area contributed by atoms with Crippen molar-refractivity contribution in [1.82, 2.24) is 5.32 Å². The van der Waals surface area contributed by atoms with Crippen molar-refractivity contribution in [2.24, 2.45) is 0 Å². The number of rotatable bonds is 4. The van der Waals surface area contributed by atoms with E-state index in [4.69, 9.17) is 4.42 Å². The van der Waals surface area contributed by atoms with Gasteiger partial charge in [0.05, 0.1) is 11.0 Å². The molecule has 1 aromatic heterocycles. The summed E-state index contributed by atoms with van der Waals surface area (Å²) in [5.74, 6) is 0.572. The monoisotopic (exact) mass is 285 g/mol. The number of furan rings is 1. The Balaban J connectivity index is 2.26. The number of benzene rings is 1.